The van der Waals surface area contributed by atoms with Gasteiger partial charge in [0.05, 0.1) is 10.5 Å². The molecule has 27 heavy (non-hydrogen) atoms. The number of hydrogen-bond donors (Lipinski definition) is 0. The third kappa shape index (κ3) is 3.99. The minimum absolute atomic E-state index is 0.109. The molecule has 1 saturated heterocycles. The Kier molecular flexibility index (Phi) is 4.98. The Morgan fingerprint density at radius 3 is 2.37 bits per heavy atom. The summed E-state index contributed by atoms with van der Waals surface area (Å²) < 4.78 is 38.5. The van der Waals surface area contributed by atoms with E-state index in [0.717, 1.165) is 12.1 Å². The molecular formula is C17H15F3N4O3. The Hall–Kier alpha value is -3.17. The molecule has 1 aliphatic rings. The number of alkyl halides is 3. The molecule has 1 aromatic carbocycles. The van der Waals surface area contributed by atoms with Crippen LogP contribution in [0.2, 0.25) is 0 Å². The Labute approximate surface area is 152 Å². The quantitative estimate of drug-likeness (QED) is 0.604. The molecule has 1 aliphatic heterocycles. The van der Waals surface area contributed by atoms with Gasteiger partial charge in [-0.3, -0.25) is 19.9 Å². The first-order valence-electron chi connectivity index (χ1n) is 8.08. The zero-order chi connectivity index (χ0) is 19.6. The highest BCUT2D eigenvalue weighted by atomic mass is 19.4. The van der Waals surface area contributed by atoms with Crippen LogP contribution in [0.25, 0.3) is 0 Å². The molecule has 142 valence electrons. The number of benzene rings is 1. The van der Waals surface area contributed by atoms with Gasteiger partial charge in [-0.25, -0.2) is 0 Å². The van der Waals surface area contributed by atoms with Crippen molar-refractivity contribution in [2.75, 3.05) is 31.1 Å². The standard InChI is InChI=1S/C17H15F3N4O3/c18-17(19,20)12-4-5-14(15(11-12)24(26)27)22-7-9-23(10-8-22)16(25)13-3-1-2-6-21-13/h1-6,11H,7-10H2. The minimum Gasteiger partial charge on any atom is -0.362 e. The molecular weight excluding hydrogens is 365 g/mol. The number of piperazine rings is 1. The molecule has 1 fully saturated rings. The Bertz CT molecular complexity index is 850. The van der Waals surface area contributed by atoms with Crippen LogP contribution < -0.4 is 4.90 Å². The van der Waals surface area contributed by atoms with Gasteiger partial charge in [-0.05, 0) is 24.3 Å². The summed E-state index contributed by atoms with van der Waals surface area (Å²) in [5, 5.41) is 11.2. The van der Waals surface area contributed by atoms with Crippen LogP contribution in [0.15, 0.2) is 42.6 Å². The molecule has 0 N–H and O–H groups in total. The third-order valence-corrected chi connectivity index (χ3v) is 4.29. The fourth-order valence-electron chi connectivity index (χ4n) is 2.92. The number of nitrogens with zero attached hydrogens (tertiary/aromatic N) is 4. The largest absolute Gasteiger partial charge is 0.416 e. The number of anilines is 1. The Balaban J connectivity index is 1.76. The van der Waals surface area contributed by atoms with Gasteiger partial charge in [0.15, 0.2) is 0 Å². The Morgan fingerprint density at radius 1 is 1.11 bits per heavy atom. The number of rotatable bonds is 3. The van der Waals surface area contributed by atoms with Crippen molar-refractivity contribution in [3.63, 3.8) is 0 Å². The van der Waals surface area contributed by atoms with Crippen LogP contribution >= 0.6 is 0 Å². The summed E-state index contributed by atoms with van der Waals surface area (Å²) in [7, 11) is 0. The average molecular weight is 380 g/mol. The summed E-state index contributed by atoms with van der Waals surface area (Å²) in [5.41, 5.74) is -1.26. The molecule has 0 aliphatic carbocycles. The molecule has 0 unspecified atom stereocenters. The summed E-state index contributed by atoms with van der Waals surface area (Å²) in [6, 6.07) is 7.46. The van der Waals surface area contributed by atoms with Crippen LogP contribution in [0.1, 0.15) is 16.1 Å². The fraction of sp³-hybridized carbons (Fsp3) is 0.294. The first kappa shape index (κ1) is 18.6. The zero-order valence-electron chi connectivity index (χ0n) is 14.0. The topological polar surface area (TPSA) is 79.6 Å². The molecule has 2 aromatic rings. The van der Waals surface area contributed by atoms with Crippen molar-refractivity contribution in [3.05, 3.63) is 64.0 Å². The number of carbonyl (C=O) groups excluding carboxylic acids is 1. The summed E-state index contributed by atoms with van der Waals surface area (Å²) in [6.07, 6.45) is -3.15. The van der Waals surface area contributed by atoms with Gasteiger partial charge in [0, 0.05) is 38.4 Å². The third-order valence-electron chi connectivity index (χ3n) is 4.29. The van der Waals surface area contributed by atoms with Crippen LogP contribution in [0.4, 0.5) is 24.5 Å². The predicted molar refractivity (Wildman–Crippen MR) is 90.5 cm³/mol. The number of amides is 1. The summed E-state index contributed by atoms with van der Waals surface area (Å²) in [4.78, 5) is 30.0. The van der Waals surface area contributed by atoms with Crippen LogP contribution in [0, 0.1) is 10.1 Å². The van der Waals surface area contributed by atoms with Crippen molar-refractivity contribution >= 4 is 17.3 Å². The van der Waals surface area contributed by atoms with E-state index < -0.39 is 22.4 Å². The van der Waals surface area contributed by atoms with Crippen molar-refractivity contribution in [3.8, 4) is 0 Å². The molecule has 10 heteroatoms. The SMILES string of the molecule is O=C(c1ccccn1)N1CCN(c2ccc(C(F)(F)F)cc2[N+](=O)[O-])CC1. The van der Waals surface area contributed by atoms with E-state index in [4.69, 9.17) is 0 Å². The van der Waals surface area contributed by atoms with Gasteiger partial charge in [-0.1, -0.05) is 6.07 Å². The maximum Gasteiger partial charge on any atom is 0.416 e. The smallest absolute Gasteiger partial charge is 0.362 e. The van der Waals surface area contributed by atoms with Gasteiger partial charge in [0.2, 0.25) is 0 Å². The van der Waals surface area contributed by atoms with E-state index in [9.17, 15) is 28.1 Å². The monoisotopic (exact) mass is 380 g/mol. The summed E-state index contributed by atoms with van der Waals surface area (Å²) in [6.45, 7) is 1.11. The van der Waals surface area contributed by atoms with E-state index in [1.807, 2.05) is 0 Å². The number of nitro groups is 1. The zero-order valence-corrected chi connectivity index (χ0v) is 14.0. The maximum atomic E-state index is 12.8. The van der Waals surface area contributed by atoms with Crippen molar-refractivity contribution < 1.29 is 22.9 Å². The maximum absolute atomic E-state index is 12.8. The van der Waals surface area contributed by atoms with E-state index in [2.05, 4.69) is 4.98 Å². The number of carbonyl (C=O) groups is 1. The molecule has 2 heterocycles. The van der Waals surface area contributed by atoms with Crippen LogP contribution in [0.3, 0.4) is 0 Å². The van der Waals surface area contributed by atoms with Crippen LogP contribution in [-0.2, 0) is 6.18 Å². The molecule has 1 aromatic heterocycles. The Morgan fingerprint density at radius 2 is 1.81 bits per heavy atom. The van der Waals surface area contributed by atoms with Crippen molar-refractivity contribution in [2.24, 2.45) is 0 Å². The van der Waals surface area contributed by atoms with Gasteiger partial charge in [-0.15, -0.1) is 0 Å². The van der Waals surface area contributed by atoms with E-state index in [1.54, 1.807) is 28.0 Å². The lowest BCUT2D eigenvalue weighted by molar-refractivity contribution is -0.384. The van der Waals surface area contributed by atoms with Gasteiger partial charge in [-0.2, -0.15) is 13.2 Å². The highest BCUT2D eigenvalue weighted by Gasteiger charge is 2.34. The van der Waals surface area contributed by atoms with Crippen molar-refractivity contribution in [1.29, 1.82) is 0 Å². The highest BCUT2D eigenvalue weighted by Crippen LogP contribution is 2.36. The highest BCUT2D eigenvalue weighted by molar-refractivity contribution is 5.92. The first-order chi connectivity index (χ1) is 12.8. The normalized spacial score (nSPS) is 14.9. The summed E-state index contributed by atoms with van der Waals surface area (Å²) >= 11 is 0. The average Bonchev–Trinajstić information content (AvgIpc) is 2.67. The predicted octanol–water partition coefficient (Wildman–Crippen LogP) is 2.97. The number of nitro benzene ring substituents is 1. The molecule has 0 bridgehead atoms. The second kappa shape index (κ2) is 7.22. The van der Waals surface area contributed by atoms with Gasteiger partial charge >= 0.3 is 6.18 Å². The molecule has 0 radical (unpaired) electrons. The fourth-order valence-corrected chi connectivity index (χ4v) is 2.92. The molecule has 0 atom stereocenters. The lowest BCUT2D eigenvalue weighted by atomic mass is 10.1. The van der Waals surface area contributed by atoms with Crippen LogP contribution in [0.5, 0.6) is 0 Å². The van der Waals surface area contributed by atoms with Crippen LogP contribution in [-0.4, -0.2) is 46.9 Å². The van der Waals surface area contributed by atoms with Crippen molar-refractivity contribution in [2.45, 2.75) is 6.18 Å². The van der Waals surface area contributed by atoms with E-state index in [1.165, 1.54) is 6.20 Å². The van der Waals surface area contributed by atoms with E-state index >= 15 is 0 Å². The van der Waals surface area contributed by atoms with Gasteiger partial charge < -0.3 is 9.80 Å². The summed E-state index contributed by atoms with van der Waals surface area (Å²) in [5.74, 6) is -0.253. The molecule has 7 nitrogen and oxygen atoms in total. The molecule has 0 spiro atoms. The number of pyridine rings is 1. The van der Waals surface area contributed by atoms with Gasteiger partial charge in [0.25, 0.3) is 11.6 Å². The second-order valence-corrected chi connectivity index (χ2v) is 5.95. The molecule has 3 rings (SSSR count). The molecule has 1 amide bonds. The van der Waals surface area contributed by atoms with E-state index in [0.29, 0.717) is 11.8 Å². The number of hydrogen-bond acceptors (Lipinski definition) is 5. The number of halogens is 3. The van der Waals surface area contributed by atoms with Crippen molar-refractivity contribution in [1.82, 2.24) is 9.88 Å². The lowest BCUT2D eigenvalue weighted by Crippen LogP contribution is -2.49. The second-order valence-electron chi connectivity index (χ2n) is 5.95. The lowest BCUT2D eigenvalue weighted by Gasteiger charge is -2.35. The first-order valence-corrected chi connectivity index (χ1v) is 8.08. The van der Waals surface area contributed by atoms with Gasteiger partial charge in [0.1, 0.15) is 11.4 Å². The minimum atomic E-state index is -4.66. The molecule has 0 saturated carbocycles. The number of aromatic nitrogens is 1. The van der Waals surface area contributed by atoms with E-state index in [-0.39, 0.29) is 37.8 Å².